The van der Waals surface area contributed by atoms with Gasteiger partial charge in [-0.15, -0.1) is 0 Å². The third kappa shape index (κ3) is 7.00. The van der Waals surface area contributed by atoms with E-state index in [9.17, 15) is 13.2 Å². The lowest BCUT2D eigenvalue weighted by molar-refractivity contribution is -0.121. The van der Waals surface area contributed by atoms with Gasteiger partial charge >= 0.3 is 0 Å². The van der Waals surface area contributed by atoms with Gasteiger partial charge in [0.15, 0.2) is 0 Å². The number of hydrogen-bond donors (Lipinski definition) is 1. The van der Waals surface area contributed by atoms with Crippen molar-refractivity contribution in [3.63, 3.8) is 0 Å². The number of hydrazone groups is 1. The van der Waals surface area contributed by atoms with E-state index in [0.29, 0.717) is 6.61 Å². The van der Waals surface area contributed by atoms with Crippen molar-refractivity contribution < 1.29 is 17.9 Å². The van der Waals surface area contributed by atoms with Gasteiger partial charge < -0.3 is 4.74 Å². The first-order valence-electron chi connectivity index (χ1n) is 10.5. The van der Waals surface area contributed by atoms with Crippen molar-refractivity contribution in [2.45, 2.75) is 25.3 Å². The second-order valence-corrected chi connectivity index (χ2v) is 9.30. The fourth-order valence-corrected chi connectivity index (χ4v) is 4.46. The van der Waals surface area contributed by atoms with Gasteiger partial charge in [-0.3, -0.25) is 4.79 Å². The summed E-state index contributed by atoms with van der Waals surface area (Å²) in [5.74, 6) is 0.209. The highest BCUT2D eigenvalue weighted by atomic mass is 32.2. The van der Waals surface area contributed by atoms with E-state index < -0.39 is 15.9 Å². The minimum absolute atomic E-state index is 0.0630. The number of nitrogens with zero attached hydrogens (tertiary/aromatic N) is 2. The van der Waals surface area contributed by atoms with Crippen molar-refractivity contribution in [1.29, 1.82) is 0 Å². The van der Waals surface area contributed by atoms with Gasteiger partial charge in [0.05, 0.1) is 24.3 Å². The average Bonchev–Trinajstić information content (AvgIpc) is 2.82. The molecule has 8 heteroatoms. The first-order chi connectivity index (χ1) is 15.9. The highest BCUT2D eigenvalue weighted by molar-refractivity contribution is 7.89. The number of amides is 1. The van der Waals surface area contributed by atoms with Gasteiger partial charge in [-0.2, -0.15) is 9.41 Å². The molecule has 3 aromatic carbocycles. The maximum atomic E-state index is 13.2. The minimum atomic E-state index is -3.89. The molecule has 0 spiro atoms. The summed E-state index contributed by atoms with van der Waals surface area (Å²) >= 11 is 0. The van der Waals surface area contributed by atoms with Crippen LogP contribution in [0, 0.1) is 6.92 Å². The van der Waals surface area contributed by atoms with Crippen LogP contribution in [0.25, 0.3) is 0 Å². The van der Waals surface area contributed by atoms with Crippen molar-refractivity contribution in [3.8, 4) is 5.75 Å². The Balaban J connectivity index is 1.72. The van der Waals surface area contributed by atoms with Gasteiger partial charge in [0.2, 0.25) is 10.0 Å². The molecule has 1 amide bonds. The van der Waals surface area contributed by atoms with E-state index in [1.165, 1.54) is 18.3 Å². The van der Waals surface area contributed by atoms with Gasteiger partial charge in [-0.1, -0.05) is 48.0 Å². The summed E-state index contributed by atoms with van der Waals surface area (Å²) in [5, 5.41) is 3.96. The maximum absolute atomic E-state index is 13.2. The summed E-state index contributed by atoms with van der Waals surface area (Å²) in [4.78, 5) is 12.7. The number of rotatable bonds is 10. The zero-order valence-electron chi connectivity index (χ0n) is 18.6. The van der Waals surface area contributed by atoms with Crippen LogP contribution in [0.4, 0.5) is 0 Å². The fourth-order valence-electron chi connectivity index (χ4n) is 3.06. The van der Waals surface area contributed by atoms with E-state index in [1.54, 1.807) is 18.2 Å². The molecule has 0 unspecified atom stereocenters. The highest BCUT2D eigenvalue weighted by Crippen LogP contribution is 2.18. The maximum Gasteiger partial charge on any atom is 0.255 e. The lowest BCUT2D eigenvalue weighted by Crippen LogP contribution is -2.39. The molecule has 0 bridgehead atoms. The summed E-state index contributed by atoms with van der Waals surface area (Å²) in [6.45, 7) is 4.14. The Kier molecular flexibility index (Phi) is 8.34. The molecule has 0 fully saturated rings. The van der Waals surface area contributed by atoms with Crippen LogP contribution in [-0.4, -0.2) is 38.0 Å². The van der Waals surface area contributed by atoms with Crippen LogP contribution >= 0.6 is 0 Å². The van der Waals surface area contributed by atoms with Crippen LogP contribution in [0.1, 0.15) is 23.6 Å². The van der Waals surface area contributed by atoms with E-state index in [2.05, 4.69) is 10.5 Å². The lowest BCUT2D eigenvalue weighted by Gasteiger charge is -2.21. The molecule has 0 saturated heterocycles. The summed E-state index contributed by atoms with van der Waals surface area (Å²) in [7, 11) is -3.89. The number of carbonyl (C=O) groups is 1. The van der Waals surface area contributed by atoms with Crippen LogP contribution in [0.5, 0.6) is 5.75 Å². The van der Waals surface area contributed by atoms with E-state index >= 15 is 0 Å². The molecule has 172 valence electrons. The van der Waals surface area contributed by atoms with Crippen molar-refractivity contribution in [2.24, 2.45) is 5.10 Å². The van der Waals surface area contributed by atoms with Gasteiger partial charge in [-0.25, -0.2) is 13.8 Å². The standard InChI is InChI=1S/C25H27N3O4S/c1-3-32-23-15-13-21(14-16-23)17-26-27-25(29)19-28(18-22-11-9-20(2)10-12-22)33(30,31)24-7-5-4-6-8-24/h4-17H,3,18-19H2,1-2H3,(H,27,29)/b26-17-. The molecule has 0 aliphatic heterocycles. The van der Waals surface area contributed by atoms with Gasteiger partial charge in [0.25, 0.3) is 5.91 Å². The third-order valence-corrected chi connectivity index (χ3v) is 6.58. The number of benzene rings is 3. The molecule has 0 radical (unpaired) electrons. The molecule has 0 atom stereocenters. The van der Waals surface area contributed by atoms with Crippen molar-refractivity contribution >= 4 is 22.1 Å². The Bertz CT molecular complexity index is 1180. The van der Waals surface area contributed by atoms with Gasteiger partial charge in [-0.05, 0) is 61.4 Å². The van der Waals surface area contributed by atoms with Gasteiger partial charge in [0.1, 0.15) is 5.75 Å². The lowest BCUT2D eigenvalue weighted by atomic mass is 10.1. The first-order valence-corrected chi connectivity index (χ1v) is 12.0. The summed E-state index contributed by atoms with van der Waals surface area (Å²) in [5.41, 5.74) is 5.03. The van der Waals surface area contributed by atoms with Gasteiger partial charge in [0, 0.05) is 6.54 Å². The SMILES string of the molecule is CCOc1ccc(/C=N\NC(=O)CN(Cc2ccc(C)cc2)S(=O)(=O)c2ccccc2)cc1. The quantitative estimate of drug-likeness (QED) is 0.365. The van der Waals surface area contributed by atoms with E-state index in [1.807, 2.05) is 62.4 Å². The second-order valence-electron chi connectivity index (χ2n) is 7.37. The van der Waals surface area contributed by atoms with Crippen LogP contribution in [0.2, 0.25) is 0 Å². The predicted molar refractivity (Wildman–Crippen MR) is 129 cm³/mol. The fraction of sp³-hybridized carbons (Fsp3) is 0.200. The number of ether oxygens (including phenoxy) is 1. The van der Waals surface area contributed by atoms with E-state index in [-0.39, 0.29) is 18.0 Å². The summed E-state index contributed by atoms with van der Waals surface area (Å²) in [6, 6.07) is 22.8. The minimum Gasteiger partial charge on any atom is -0.494 e. The van der Waals surface area contributed by atoms with Crippen molar-refractivity contribution in [2.75, 3.05) is 13.2 Å². The molecule has 3 aromatic rings. The zero-order valence-corrected chi connectivity index (χ0v) is 19.5. The Morgan fingerprint density at radius 3 is 2.30 bits per heavy atom. The Morgan fingerprint density at radius 2 is 1.67 bits per heavy atom. The number of carbonyl (C=O) groups excluding carboxylic acids is 1. The molecule has 0 saturated carbocycles. The van der Waals surface area contributed by atoms with E-state index in [4.69, 9.17) is 4.74 Å². The smallest absolute Gasteiger partial charge is 0.255 e. The molecule has 1 N–H and O–H groups in total. The monoisotopic (exact) mass is 465 g/mol. The van der Waals surface area contributed by atoms with Crippen molar-refractivity contribution in [1.82, 2.24) is 9.73 Å². The molecule has 3 rings (SSSR count). The van der Waals surface area contributed by atoms with Crippen LogP contribution < -0.4 is 10.2 Å². The van der Waals surface area contributed by atoms with E-state index in [0.717, 1.165) is 26.7 Å². The third-order valence-electron chi connectivity index (χ3n) is 4.77. The normalized spacial score (nSPS) is 11.6. The topological polar surface area (TPSA) is 88.1 Å². The second kappa shape index (κ2) is 11.4. The molecular formula is C25H27N3O4S. The predicted octanol–water partition coefficient (Wildman–Crippen LogP) is 3.73. The number of aryl methyl sites for hydroxylation is 1. The summed E-state index contributed by atoms with van der Waals surface area (Å²) in [6.07, 6.45) is 1.49. The number of hydrogen-bond acceptors (Lipinski definition) is 5. The molecule has 0 aromatic heterocycles. The first kappa shape index (κ1) is 24.2. The molecular weight excluding hydrogens is 438 g/mol. The Hall–Kier alpha value is -3.49. The summed E-state index contributed by atoms with van der Waals surface area (Å²) < 4.78 is 33.0. The largest absolute Gasteiger partial charge is 0.494 e. The molecule has 0 aliphatic rings. The van der Waals surface area contributed by atoms with Crippen molar-refractivity contribution in [3.05, 3.63) is 95.6 Å². The highest BCUT2D eigenvalue weighted by Gasteiger charge is 2.26. The number of sulfonamides is 1. The number of nitrogens with one attached hydrogen (secondary N) is 1. The Labute approximate surface area is 194 Å². The zero-order chi connectivity index (χ0) is 23.7. The van der Waals surface area contributed by atoms with Crippen LogP contribution in [0.3, 0.4) is 0 Å². The molecule has 7 nitrogen and oxygen atoms in total. The molecule has 0 aliphatic carbocycles. The van der Waals surface area contributed by atoms with Crippen LogP contribution in [-0.2, 0) is 21.4 Å². The molecule has 0 heterocycles. The average molecular weight is 466 g/mol. The Morgan fingerprint density at radius 1 is 1.00 bits per heavy atom. The molecule has 33 heavy (non-hydrogen) atoms. The van der Waals surface area contributed by atoms with Crippen LogP contribution in [0.15, 0.2) is 88.9 Å².